The molecule has 7 nitrogen and oxygen atoms in total. The van der Waals surface area contributed by atoms with Crippen LogP contribution in [0.15, 0.2) is 36.5 Å². The number of carbonyl (C=O) groups is 1. The molecule has 0 aliphatic carbocycles. The molecule has 1 unspecified atom stereocenters. The van der Waals surface area contributed by atoms with E-state index in [2.05, 4.69) is 20.2 Å². The first-order chi connectivity index (χ1) is 14.5. The predicted octanol–water partition coefficient (Wildman–Crippen LogP) is 1.54. The molecule has 8 heteroatoms. The summed E-state index contributed by atoms with van der Waals surface area (Å²) in [5.41, 5.74) is 0.435. The monoisotopic (exact) mass is 413 g/mol. The second-order valence-corrected chi connectivity index (χ2v) is 8.12. The Morgan fingerprint density at radius 3 is 2.43 bits per heavy atom. The van der Waals surface area contributed by atoms with Gasteiger partial charge in [0.2, 0.25) is 0 Å². The van der Waals surface area contributed by atoms with Crippen molar-refractivity contribution in [1.29, 1.82) is 0 Å². The van der Waals surface area contributed by atoms with Crippen molar-refractivity contribution in [3.63, 3.8) is 0 Å². The van der Waals surface area contributed by atoms with Crippen LogP contribution in [0.1, 0.15) is 40.8 Å². The smallest absolute Gasteiger partial charge is 0.253 e. The average molecular weight is 413 g/mol. The molecule has 4 rings (SSSR count). The number of aromatic nitrogens is 2. The lowest BCUT2D eigenvalue weighted by Gasteiger charge is -2.47. The normalized spacial score (nSPS) is 20.7. The highest BCUT2D eigenvalue weighted by molar-refractivity contribution is 5.94. The van der Waals surface area contributed by atoms with Crippen molar-refractivity contribution < 1.29 is 14.3 Å². The van der Waals surface area contributed by atoms with E-state index in [1.54, 1.807) is 11.1 Å². The minimum Gasteiger partial charge on any atom is -0.388 e. The molecule has 1 atom stereocenters. The fourth-order valence-corrected chi connectivity index (χ4v) is 4.52. The number of rotatable bonds is 4. The number of aliphatic hydroxyl groups is 1. The maximum Gasteiger partial charge on any atom is 0.253 e. The predicted molar refractivity (Wildman–Crippen MR) is 110 cm³/mol. The molecule has 2 aliphatic rings. The van der Waals surface area contributed by atoms with Crippen molar-refractivity contribution >= 4 is 5.91 Å². The third kappa shape index (κ3) is 4.35. The molecule has 1 aromatic heterocycles. The molecule has 0 spiro atoms. The lowest BCUT2D eigenvalue weighted by Crippen LogP contribution is -2.57. The van der Waals surface area contributed by atoms with Crippen LogP contribution in [0.5, 0.6) is 0 Å². The number of halogens is 1. The summed E-state index contributed by atoms with van der Waals surface area (Å²) in [4.78, 5) is 25.6. The Morgan fingerprint density at radius 1 is 1.13 bits per heavy atom. The molecule has 2 saturated heterocycles. The Hall–Kier alpha value is -2.42. The highest BCUT2D eigenvalue weighted by Crippen LogP contribution is 2.37. The molecule has 0 radical (unpaired) electrons. The van der Waals surface area contributed by atoms with Crippen molar-refractivity contribution in [2.45, 2.75) is 31.4 Å². The average Bonchev–Trinajstić information content (AvgIpc) is 2.75. The van der Waals surface area contributed by atoms with E-state index in [-0.39, 0.29) is 17.8 Å². The lowest BCUT2D eigenvalue weighted by molar-refractivity contribution is -0.0798. The van der Waals surface area contributed by atoms with E-state index in [1.165, 1.54) is 24.3 Å². The van der Waals surface area contributed by atoms with Crippen LogP contribution in [-0.2, 0) is 0 Å². The Bertz CT molecular complexity index is 877. The third-order valence-corrected chi connectivity index (χ3v) is 6.11. The number of hydrogen-bond acceptors (Lipinski definition) is 6. The Labute approximate surface area is 175 Å². The van der Waals surface area contributed by atoms with Crippen molar-refractivity contribution in [3.8, 4) is 0 Å². The summed E-state index contributed by atoms with van der Waals surface area (Å²) in [6.45, 7) is 5.75. The number of aryl methyl sites for hydroxylation is 1. The molecule has 2 aliphatic heterocycles. The van der Waals surface area contributed by atoms with Gasteiger partial charge in [0.15, 0.2) is 0 Å². The second-order valence-electron chi connectivity index (χ2n) is 8.12. The van der Waals surface area contributed by atoms with Gasteiger partial charge in [-0.15, -0.1) is 0 Å². The maximum absolute atomic E-state index is 13.2. The molecule has 1 aromatic carbocycles. The van der Waals surface area contributed by atoms with Gasteiger partial charge in [-0.25, -0.2) is 14.4 Å². The van der Waals surface area contributed by atoms with Gasteiger partial charge in [-0.05, 0) is 63.2 Å². The van der Waals surface area contributed by atoms with Gasteiger partial charge in [0.05, 0.1) is 17.3 Å². The van der Waals surface area contributed by atoms with Gasteiger partial charge >= 0.3 is 0 Å². The van der Waals surface area contributed by atoms with Crippen LogP contribution in [0.4, 0.5) is 4.39 Å². The minimum atomic E-state index is -0.880. The van der Waals surface area contributed by atoms with Crippen molar-refractivity contribution in [1.82, 2.24) is 25.1 Å². The third-order valence-electron chi connectivity index (χ3n) is 6.11. The van der Waals surface area contributed by atoms with Crippen LogP contribution < -0.4 is 5.32 Å². The molecule has 0 saturated carbocycles. The van der Waals surface area contributed by atoms with Gasteiger partial charge in [-0.2, -0.15) is 0 Å². The highest BCUT2D eigenvalue weighted by atomic mass is 19.1. The summed E-state index contributed by atoms with van der Waals surface area (Å²) in [6.07, 6.45) is 3.04. The van der Waals surface area contributed by atoms with Crippen LogP contribution in [0.2, 0.25) is 0 Å². The number of hydrogen-bond donors (Lipinski definition) is 2. The highest BCUT2D eigenvalue weighted by Gasteiger charge is 2.44. The number of amides is 1. The molecule has 2 aromatic rings. The molecular formula is C22H28FN5O2. The number of piperidine rings is 1. The van der Waals surface area contributed by atoms with Crippen LogP contribution in [0.3, 0.4) is 0 Å². The molecule has 1 amide bonds. The molecule has 2 N–H and O–H groups in total. The first-order valence-corrected chi connectivity index (χ1v) is 10.5. The lowest BCUT2D eigenvalue weighted by atomic mass is 9.81. The van der Waals surface area contributed by atoms with Gasteiger partial charge in [-0.3, -0.25) is 9.69 Å². The van der Waals surface area contributed by atoms with Crippen molar-refractivity contribution in [3.05, 3.63) is 59.4 Å². The second kappa shape index (κ2) is 8.75. The van der Waals surface area contributed by atoms with E-state index in [4.69, 9.17) is 0 Å². The summed E-state index contributed by atoms with van der Waals surface area (Å²) >= 11 is 0. The zero-order valence-electron chi connectivity index (χ0n) is 17.2. The van der Waals surface area contributed by atoms with E-state index < -0.39 is 5.60 Å². The van der Waals surface area contributed by atoms with Crippen molar-refractivity contribution in [2.24, 2.45) is 0 Å². The maximum atomic E-state index is 13.2. The van der Waals surface area contributed by atoms with E-state index in [0.29, 0.717) is 50.4 Å². The fraction of sp³-hybridized carbons (Fsp3) is 0.500. The number of nitrogens with zero attached hydrogens (tertiary/aromatic N) is 4. The largest absolute Gasteiger partial charge is 0.388 e. The van der Waals surface area contributed by atoms with Crippen LogP contribution in [-0.4, -0.2) is 75.7 Å². The van der Waals surface area contributed by atoms with Gasteiger partial charge in [0.25, 0.3) is 5.91 Å². The minimum absolute atomic E-state index is 0.0929. The van der Waals surface area contributed by atoms with Gasteiger partial charge in [0, 0.05) is 37.9 Å². The van der Waals surface area contributed by atoms with Gasteiger partial charge < -0.3 is 15.3 Å². The van der Waals surface area contributed by atoms with Crippen LogP contribution >= 0.6 is 0 Å². The Kier molecular flexibility index (Phi) is 6.08. The molecular weight excluding hydrogens is 385 g/mol. The van der Waals surface area contributed by atoms with Crippen molar-refractivity contribution in [2.75, 3.05) is 39.3 Å². The number of nitrogens with one attached hydrogen (secondary N) is 1. The van der Waals surface area contributed by atoms with Crippen LogP contribution in [0, 0.1) is 12.7 Å². The number of benzene rings is 1. The van der Waals surface area contributed by atoms with E-state index in [9.17, 15) is 14.3 Å². The quantitative estimate of drug-likeness (QED) is 0.791. The molecule has 2 fully saturated rings. The standard InChI is InChI=1S/C22H28FN5O2/c1-16-25-9-6-19(26-16)20(22(30)7-10-24-11-8-22)27-12-14-28(15-13-27)21(29)17-2-4-18(23)5-3-17/h2-6,9,20,24,30H,7-8,10-15H2,1H3. The van der Waals surface area contributed by atoms with E-state index in [1.807, 2.05) is 13.0 Å². The summed E-state index contributed by atoms with van der Waals surface area (Å²) in [7, 11) is 0. The molecule has 0 bridgehead atoms. The first kappa shape index (κ1) is 20.8. The zero-order valence-corrected chi connectivity index (χ0v) is 17.2. The summed E-state index contributed by atoms with van der Waals surface area (Å²) in [5.74, 6) is 0.236. The molecule has 160 valence electrons. The van der Waals surface area contributed by atoms with E-state index >= 15 is 0 Å². The number of carbonyl (C=O) groups excluding carboxylic acids is 1. The summed E-state index contributed by atoms with van der Waals surface area (Å²) in [6, 6.07) is 7.30. The molecule has 3 heterocycles. The van der Waals surface area contributed by atoms with E-state index in [0.717, 1.165) is 18.8 Å². The Balaban J connectivity index is 1.52. The SMILES string of the molecule is Cc1nccc(C(N2CCN(C(=O)c3ccc(F)cc3)CC2)C2(O)CCNCC2)n1. The first-order valence-electron chi connectivity index (χ1n) is 10.5. The van der Waals surface area contributed by atoms with Gasteiger partial charge in [-0.1, -0.05) is 0 Å². The fourth-order valence-electron chi connectivity index (χ4n) is 4.52. The summed E-state index contributed by atoms with van der Waals surface area (Å²) in [5, 5.41) is 14.9. The number of piperazine rings is 1. The summed E-state index contributed by atoms with van der Waals surface area (Å²) < 4.78 is 13.2. The topological polar surface area (TPSA) is 81.6 Å². The van der Waals surface area contributed by atoms with Gasteiger partial charge in [0.1, 0.15) is 11.6 Å². The zero-order chi connectivity index (χ0) is 21.1. The Morgan fingerprint density at radius 2 is 1.80 bits per heavy atom. The van der Waals surface area contributed by atoms with Crippen LogP contribution in [0.25, 0.3) is 0 Å². The molecule has 30 heavy (non-hydrogen) atoms.